The lowest BCUT2D eigenvalue weighted by Crippen LogP contribution is -2.03. The van der Waals surface area contributed by atoms with Gasteiger partial charge in [-0.1, -0.05) is 22.0 Å². The summed E-state index contributed by atoms with van der Waals surface area (Å²) in [5.41, 5.74) is 10.1. The maximum absolute atomic E-state index is 5.88. The number of hydrogen-bond acceptors (Lipinski definition) is 3. The molecule has 0 bridgehead atoms. The van der Waals surface area contributed by atoms with Crippen molar-refractivity contribution in [2.24, 2.45) is 5.73 Å². The van der Waals surface area contributed by atoms with E-state index >= 15 is 0 Å². The molecule has 112 valence electrons. The molecule has 0 radical (unpaired) electrons. The standard InChI is InChI=1S/C17H20BrNO2/c1-11-6-15(7-12(2)17(11)18)21-10-13-4-5-16(20-3)14(8-13)9-19/h4-8H,9-10,19H2,1-3H3. The summed E-state index contributed by atoms with van der Waals surface area (Å²) in [6.45, 7) is 5.08. The van der Waals surface area contributed by atoms with Crippen molar-refractivity contribution < 1.29 is 9.47 Å². The summed E-state index contributed by atoms with van der Waals surface area (Å²) >= 11 is 3.56. The first kappa shape index (κ1) is 15.9. The van der Waals surface area contributed by atoms with E-state index in [0.29, 0.717) is 13.2 Å². The fourth-order valence-corrected chi connectivity index (χ4v) is 2.47. The molecule has 0 aromatic heterocycles. The van der Waals surface area contributed by atoms with Crippen molar-refractivity contribution in [3.63, 3.8) is 0 Å². The third-order valence-corrected chi connectivity index (χ3v) is 4.63. The molecule has 4 heteroatoms. The molecule has 2 rings (SSSR count). The molecule has 0 heterocycles. The topological polar surface area (TPSA) is 44.5 Å². The van der Waals surface area contributed by atoms with Crippen molar-refractivity contribution in [1.82, 2.24) is 0 Å². The molecule has 0 aliphatic carbocycles. The minimum atomic E-state index is 0.452. The van der Waals surface area contributed by atoms with Crippen molar-refractivity contribution in [2.75, 3.05) is 7.11 Å². The summed E-state index contributed by atoms with van der Waals surface area (Å²) in [6, 6.07) is 10.0. The summed E-state index contributed by atoms with van der Waals surface area (Å²) in [6.07, 6.45) is 0. The second-order valence-corrected chi connectivity index (χ2v) is 5.80. The number of methoxy groups -OCH3 is 1. The van der Waals surface area contributed by atoms with Gasteiger partial charge >= 0.3 is 0 Å². The number of hydrogen-bond donors (Lipinski definition) is 1. The van der Waals surface area contributed by atoms with Gasteiger partial charge in [0.25, 0.3) is 0 Å². The van der Waals surface area contributed by atoms with E-state index in [1.807, 2.05) is 30.3 Å². The SMILES string of the molecule is COc1ccc(COc2cc(C)c(Br)c(C)c2)cc1CN. The van der Waals surface area contributed by atoms with E-state index in [4.69, 9.17) is 15.2 Å². The fourth-order valence-electron chi connectivity index (χ4n) is 2.24. The van der Waals surface area contributed by atoms with Crippen molar-refractivity contribution in [3.05, 3.63) is 57.1 Å². The maximum atomic E-state index is 5.88. The molecule has 0 fully saturated rings. The molecule has 21 heavy (non-hydrogen) atoms. The van der Waals surface area contributed by atoms with Crippen LogP contribution in [-0.2, 0) is 13.2 Å². The first-order valence-corrected chi connectivity index (χ1v) is 7.60. The third-order valence-electron chi connectivity index (χ3n) is 3.38. The molecule has 0 saturated carbocycles. The van der Waals surface area contributed by atoms with Gasteiger partial charge in [0, 0.05) is 16.6 Å². The van der Waals surface area contributed by atoms with Crippen molar-refractivity contribution in [1.29, 1.82) is 0 Å². The lowest BCUT2D eigenvalue weighted by atomic mass is 10.1. The average molecular weight is 350 g/mol. The van der Waals surface area contributed by atoms with E-state index in [1.165, 1.54) is 11.1 Å². The minimum Gasteiger partial charge on any atom is -0.496 e. The fraction of sp³-hybridized carbons (Fsp3) is 0.294. The van der Waals surface area contributed by atoms with E-state index < -0.39 is 0 Å². The molecule has 0 unspecified atom stereocenters. The molecule has 0 aliphatic rings. The molecular formula is C17H20BrNO2. The first-order chi connectivity index (χ1) is 10.0. The summed E-state index contributed by atoms with van der Waals surface area (Å²) in [5, 5.41) is 0. The molecule has 2 aromatic carbocycles. The summed E-state index contributed by atoms with van der Waals surface area (Å²) in [5.74, 6) is 1.69. The smallest absolute Gasteiger partial charge is 0.123 e. The molecule has 0 aliphatic heterocycles. The van der Waals surface area contributed by atoms with Crippen LogP contribution in [0.2, 0.25) is 0 Å². The Balaban J connectivity index is 2.13. The lowest BCUT2D eigenvalue weighted by molar-refractivity contribution is 0.305. The Morgan fingerprint density at radius 1 is 1.10 bits per heavy atom. The monoisotopic (exact) mass is 349 g/mol. The van der Waals surface area contributed by atoms with Gasteiger partial charge in [0.15, 0.2) is 0 Å². The zero-order valence-electron chi connectivity index (χ0n) is 12.6. The molecule has 2 aromatic rings. The number of nitrogens with two attached hydrogens (primary N) is 1. The van der Waals surface area contributed by atoms with E-state index in [1.54, 1.807) is 7.11 Å². The number of halogens is 1. The molecule has 2 N–H and O–H groups in total. The van der Waals surface area contributed by atoms with Gasteiger partial charge in [-0.05, 0) is 54.8 Å². The Bertz CT molecular complexity index is 618. The Kier molecular flexibility index (Phi) is 5.26. The predicted octanol–water partition coefficient (Wildman–Crippen LogP) is 4.11. The molecule has 0 amide bonds. The van der Waals surface area contributed by atoms with Crippen LogP contribution in [0.25, 0.3) is 0 Å². The second kappa shape index (κ2) is 6.96. The molecule has 0 spiro atoms. The Labute approximate surface area is 134 Å². The number of rotatable bonds is 5. The van der Waals surface area contributed by atoms with Gasteiger partial charge in [-0.25, -0.2) is 0 Å². The summed E-state index contributed by atoms with van der Waals surface area (Å²) < 4.78 is 12.3. The van der Waals surface area contributed by atoms with Crippen LogP contribution in [0.1, 0.15) is 22.3 Å². The number of aryl methyl sites for hydroxylation is 2. The average Bonchev–Trinajstić information content (AvgIpc) is 2.50. The highest BCUT2D eigenvalue weighted by atomic mass is 79.9. The van der Waals surface area contributed by atoms with Gasteiger partial charge < -0.3 is 15.2 Å². The van der Waals surface area contributed by atoms with E-state index in [-0.39, 0.29) is 0 Å². The van der Waals surface area contributed by atoms with Crippen LogP contribution < -0.4 is 15.2 Å². The zero-order chi connectivity index (χ0) is 15.4. The Morgan fingerprint density at radius 3 is 2.33 bits per heavy atom. The van der Waals surface area contributed by atoms with Crippen molar-refractivity contribution in [2.45, 2.75) is 27.0 Å². The predicted molar refractivity (Wildman–Crippen MR) is 88.8 cm³/mol. The Morgan fingerprint density at radius 2 is 1.76 bits per heavy atom. The van der Waals surface area contributed by atoms with E-state index in [0.717, 1.165) is 27.1 Å². The van der Waals surface area contributed by atoms with Crippen LogP contribution in [0.5, 0.6) is 11.5 Å². The van der Waals surface area contributed by atoms with Crippen LogP contribution in [0.3, 0.4) is 0 Å². The molecule has 3 nitrogen and oxygen atoms in total. The number of benzene rings is 2. The van der Waals surface area contributed by atoms with Gasteiger partial charge in [-0.2, -0.15) is 0 Å². The van der Waals surface area contributed by atoms with Gasteiger partial charge in [0.1, 0.15) is 18.1 Å². The van der Waals surface area contributed by atoms with Crippen LogP contribution in [0, 0.1) is 13.8 Å². The normalized spacial score (nSPS) is 10.5. The maximum Gasteiger partial charge on any atom is 0.123 e. The molecular weight excluding hydrogens is 330 g/mol. The van der Waals surface area contributed by atoms with Crippen LogP contribution >= 0.6 is 15.9 Å². The highest BCUT2D eigenvalue weighted by molar-refractivity contribution is 9.10. The quantitative estimate of drug-likeness (QED) is 0.883. The highest BCUT2D eigenvalue weighted by Gasteiger charge is 2.06. The van der Waals surface area contributed by atoms with Crippen molar-refractivity contribution >= 4 is 15.9 Å². The van der Waals surface area contributed by atoms with E-state index in [9.17, 15) is 0 Å². The summed E-state index contributed by atoms with van der Waals surface area (Å²) in [7, 11) is 1.65. The van der Waals surface area contributed by atoms with Gasteiger partial charge in [0.05, 0.1) is 7.11 Å². The zero-order valence-corrected chi connectivity index (χ0v) is 14.2. The largest absolute Gasteiger partial charge is 0.496 e. The van der Waals surface area contributed by atoms with E-state index in [2.05, 4.69) is 29.8 Å². The van der Waals surface area contributed by atoms with Gasteiger partial charge in [0.2, 0.25) is 0 Å². The number of ether oxygens (including phenoxy) is 2. The summed E-state index contributed by atoms with van der Waals surface area (Å²) in [4.78, 5) is 0. The first-order valence-electron chi connectivity index (χ1n) is 6.80. The lowest BCUT2D eigenvalue weighted by Gasteiger charge is -2.12. The molecule has 0 saturated heterocycles. The Hall–Kier alpha value is -1.52. The second-order valence-electron chi connectivity index (χ2n) is 5.01. The van der Waals surface area contributed by atoms with Crippen LogP contribution in [0.15, 0.2) is 34.8 Å². The van der Waals surface area contributed by atoms with Crippen molar-refractivity contribution in [3.8, 4) is 11.5 Å². The molecule has 0 atom stereocenters. The minimum absolute atomic E-state index is 0.452. The van der Waals surface area contributed by atoms with Gasteiger partial charge in [-0.3, -0.25) is 0 Å². The van der Waals surface area contributed by atoms with Gasteiger partial charge in [-0.15, -0.1) is 0 Å². The van der Waals surface area contributed by atoms with Crippen LogP contribution in [-0.4, -0.2) is 7.11 Å². The highest BCUT2D eigenvalue weighted by Crippen LogP contribution is 2.27. The third kappa shape index (κ3) is 3.77. The van der Waals surface area contributed by atoms with Crippen LogP contribution in [0.4, 0.5) is 0 Å².